The van der Waals surface area contributed by atoms with Gasteiger partial charge in [0.05, 0.1) is 15.0 Å². The van der Waals surface area contributed by atoms with E-state index in [0.29, 0.717) is 27.0 Å². The summed E-state index contributed by atoms with van der Waals surface area (Å²) in [6, 6.07) is 6.43. The fourth-order valence-electron chi connectivity index (χ4n) is 1.76. The second-order valence-corrected chi connectivity index (χ2v) is 4.85. The van der Waals surface area contributed by atoms with Gasteiger partial charge in [-0.3, -0.25) is 10.1 Å². The van der Waals surface area contributed by atoms with Gasteiger partial charge in [-0.15, -0.1) is 0 Å². The molecule has 0 saturated heterocycles. The first-order chi connectivity index (χ1) is 9.54. The molecule has 2 aromatic heterocycles. The molecule has 3 aromatic rings. The minimum atomic E-state index is -0.514. The molecule has 0 bridgehead atoms. The minimum absolute atomic E-state index is 0.107. The molecule has 2 heterocycles. The normalized spacial score (nSPS) is 10.9. The highest BCUT2D eigenvalue weighted by Gasteiger charge is 2.12. The highest BCUT2D eigenvalue weighted by molar-refractivity contribution is 6.42. The number of H-pyrrole nitrogens is 1. The van der Waals surface area contributed by atoms with E-state index in [2.05, 4.69) is 15.0 Å². The highest BCUT2D eigenvalue weighted by atomic mass is 35.5. The van der Waals surface area contributed by atoms with Gasteiger partial charge in [-0.25, -0.2) is 9.97 Å². The zero-order valence-electron chi connectivity index (χ0n) is 9.80. The topological polar surface area (TPSA) is 84.7 Å². The number of fused-ring (bicyclic) bond motifs is 1. The first kappa shape index (κ1) is 12.8. The molecule has 0 aliphatic carbocycles. The molecule has 0 spiro atoms. The Labute approximate surface area is 122 Å². The van der Waals surface area contributed by atoms with Gasteiger partial charge < -0.3 is 4.98 Å². The molecule has 0 fully saturated rings. The first-order valence-electron chi connectivity index (χ1n) is 5.50. The van der Waals surface area contributed by atoms with Crippen molar-refractivity contribution in [2.24, 2.45) is 0 Å². The maximum atomic E-state index is 10.7. The Balaban J connectivity index is 2.12. The molecule has 20 heavy (non-hydrogen) atoms. The smallest absolute Gasteiger partial charge is 0.289 e. The number of halogens is 2. The van der Waals surface area contributed by atoms with Crippen molar-refractivity contribution in [1.29, 1.82) is 0 Å². The summed E-state index contributed by atoms with van der Waals surface area (Å²) in [6.45, 7) is 0. The van der Waals surface area contributed by atoms with Crippen molar-refractivity contribution >= 4 is 40.1 Å². The SMILES string of the molecule is O=[N+]([O-])c1cnc2[nH]c(-c3ccc(Cl)c(Cl)c3)nc2c1. The van der Waals surface area contributed by atoms with E-state index in [0.717, 1.165) is 5.56 Å². The van der Waals surface area contributed by atoms with Crippen LogP contribution in [0.2, 0.25) is 10.0 Å². The minimum Gasteiger partial charge on any atom is -0.323 e. The number of hydrogen-bond donors (Lipinski definition) is 1. The quantitative estimate of drug-likeness (QED) is 0.575. The van der Waals surface area contributed by atoms with Crippen LogP contribution in [-0.4, -0.2) is 19.9 Å². The van der Waals surface area contributed by atoms with E-state index in [1.54, 1.807) is 18.2 Å². The Morgan fingerprint density at radius 1 is 1.20 bits per heavy atom. The van der Waals surface area contributed by atoms with Gasteiger partial charge >= 0.3 is 0 Å². The van der Waals surface area contributed by atoms with Crippen molar-refractivity contribution < 1.29 is 4.92 Å². The van der Waals surface area contributed by atoms with E-state index in [1.807, 2.05) is 0 Å². The lowest BCUT2D eigenvalue weighted by molar-refractivity contribution is -0.385. The van der Waals surface area contributed by atoms with Crippen molar-refractivity contribution in [3.63, 3.8) is 0 Å². The van der Waals surface area contributed by atoms with Crippen molar-refractivity contribution in [3.8, 4) is 11.4 Å². The average molecular weight is 309 g/mol. The van der Waals surface area contributed by atoms with Gasteiger partial charge in [-0.05, 0) is 18.2 Å². The third-order valence-electron chi connectivity index (χ3n) is 2.73. The van der Waals surface area contributed by atoms with Crippen LogP contribution in [0.4, 0.5) is 5.69 Å². The number of hydrogen-bond acceptors (Lipinski definition) is 4. The van der Waals surface area contributed by atoms with Gasteiger partial charge in [0.1, 0.15) is 17.5 Å². The van der Waals surface area contributed by atoms with Gasteiger partial charge in [-0.2, -0.15) is 0 Å². The van der Waals surface area contributed by atoms with E-state index >= 15 is 0 Å². The van der Waals surface area contributed by atoms with E-state index in [-0.39, 0.29) is 5.69 Å². The maximum absolute atomic E-state index is 10.7. The molecule has 0 amide bonds. The Kier molecular flexibility index (Phi) is 3.04. The summed E-state index contributed by atoms with van der Waals surface area (Å²) in [4.78, 5) is 21.4. The zero-order valence-corrected chi connectivity index (χ0v) is 11.3. The summed E-state index contributed by atoms with van der Waals surface area (Å²) in [7, 11) is 0. The van der Waals surface area contributed by atoms with Gasteiger partial charge in [0.2, 0.25) is 0 Å². The second kappa shape index (κ2) is 4.73. The Morgan fingerprint density at radius 2 is 2.00 bits per heavy atom. The standard InChI is InChI=1S/C12H6Cl2N4O2/c13-8-2-1-6(3-9(8)14)11-16-10-4-7(18(19)20)5-15-12(10)17-11/h1-5H,(H,15,16,17). The Hall–Kier alpha value is -2.18. The van der Waals surface area contributed by atoms with Crippen LogP contribution in [0.1, 0.15) is 0 Å². The summed E-state index contributed by atoms with van der Waals surface area (Å²) in [6.07, 6.45) is 1.18. The molecule has 1 N–H and O–H groups in total. The number of rotatable bonds is 2. The van der Waals surface area contributed by atoms with Gasteiger partial charge in [0.15, 0.2) is 5.65 Å². The van der Waals surface area contributed by atoms with E-state index in [1.165, 1.54) is 12.3 Å². The molecule has 1 aromatic carbocycles. The molecule has 0 aliphatic rings. The first-order valence-corrected chi connectivity index (χ1v) is 6.26. The molecular formula is C12H6Cl2N4O2. The van der Waals surface area contributed by atoms with E-state index < -0.39 is 4.92 Å². The average Bonchev–Trinajstić information content (AvgIpc) is 2.84. The summed E-state index contributed by atoms with van der Waals surface area (Å²) in [5.41, 5.74) is 1.50. The van der Waals surface area contributed by atoms with Crippen LogP contribution in [-0.2, 0) is 0 Å². The van der Waals surface area contributed by atoms with Crippen molar-refractivity contribution in [2.75, 3.05) is 0 Å². The Bertz CT molecular complexity index is 831. The van der Waals surface area contributed by atoms with Crippen molar-refractivity contribution in [2.45, 2.75) is 0 Å². The number of nitro groups is 1. The van der Waals surface area contributed by atoms with Crippen LogP contribution in [0.25, 0.3) is 22.6 Å². The molecule has 8 heteroatoms. The third-order valence-corrected chi connectivity index (χ3v) is 3.47. The van der Waals surface area contributed by atoms with Crippen LogP contribution in [0.3, 0.4) is 0 Å². The third kappa shape index (κ3) is 2.19. The summed E-state index contributed by atoms with van der Waals surface area (Å²) < 4.78 is 0. The highest BCUT2D eigenvalue weighted by Crippen LogP contribution is 2.28. The van der Waals surface area contributed by atoms with Crippen molar-refractivity contribution in [3.05, 3.63) is 50.6 Å². The molecule has 0 aliphatic heterocycles. The monoisotopic (exact) mass is 308 g/mol. The van der Waals surface area contributed by atoms with Crippen LogP contribution < -0.4 is 0 Å². The molecular weight excluding hydrogens is 303 g/mol. The predicted octanol–water partition coefficient (Wildman–Crippen LogP) is 3.84. The molecule has 0 unspecified atom stereocenters. The number of imidazole rings is 1. The van der Waals surface area contributed by atoms with Crippen LogP contribution in [0.15, 0.2) is 30.5 Å². The number of aromatic amines is 1. The molecule has 3 rings (SSSR count). The summed E-state index contributed by atoms with van der Waals surface area (Å²) in [5.74, 6) is 0.520. The Morgan fingerprint density at radius 3 is 2.70 bits per heavy atom. The van der Waals surface area contributed by atoms with E-state index in [4.69, 9.17) is 23.2 Å². The van der Waals surface area contributed by atoms with Gasteiger partial charge in [-0.1, -0.05) is 23.2 Å². The lowest BCUT2D eigenvalue weighted by Crippen LogP contribution is -1.88. The maximum Gasteiger partial charge on any atom is 0.289 e. The lowest BCUT2D eigenvalue weighted by Gasteiger charge is -1.98. The number of nitrogens with zero attached hydrogens (tertiary/aromatic N) is 3. The number of nitrogens with one attached hydrogen (secondary N) is 1. The molecule has 0 saturated carbocycles. The lowest BCUT2D eigenvalue weighted by atomic mass is 10.2. The van der Waals surface area contributed by atoms with Gasteiger partial charge in [0, 0.05) is 11.6 Å². The molecule has 0 atom stereocenters. The van der Waals surface area contributed by atoms with E-state index in [9.17, 15) is 10.1 Å². The number of aromatic nitrogens is 3. The second-order valence-electron chi connectivity index (χ2n) is 4.03. The number of benzene rings is 1. The fraction of sp³-hybridized carbons (Fsp3) is 0. The van der Waals surface area contributed by atoms with Gasteiger partial charge in [0.25, 0.3) is 5.69 Å². The molecule has 0 radical (unpaired) electrons. The van der Waals surface area contributed by atoms with Crippen LogP contribution in [0.5, 0.6) is 0 Å². The van der Waals surface area contributed by atoms with Crippen LogP contribution >= 0.6 is 23.2 Å². The zero-order chi connectivity index (χ0) is 14.3. The number of pyridine rings is 1. The molecule has 6 nitrogen and oxygen atoms in total. The predicted molar refractivity (Wildman–Crippen MR) is 76.0 cm³/mol. The summed E-state index contributed by atoms with van der Waals surface area (Å²) in [5, 5.41) is 11.5. The van der Waals surface area contributed by atoms with Crippen molar-refractivity contribution in [1.82, 2.24) is 15.0 Å². The summed E-state index contributed by atoms with van der Waals surface area (Å²) >= 11 is 11.8. The molecule has 100 valence electrons. The largest absolute Gasteiger partial charge is 0.323 e. The fourth-order valence-corrected chi connectivity index (χ4v) is 2.06. The van der Waals surface area contributed by atoms with Crippen LogP contribution in [0, 0.1) is 10.1 Å².